The first-order chi connectivity index (χ1) is 10.5. The van der Waals surface area contributed by atoms with Crippen LogP contribution in [-0.2, 0) is 6.54 Å². The fraction of sp³-hybridized carbons (Fsp3) is 0.350. The first kappa shape index (κ1) is 23.9. The molecule has 2 N–H and O–H groups in total. The molecule has 134 valence electrons. The van der Waals surface area contributed by atoms with E-state index in [1.807, 2.05) is 44.2 Å². The predicted octanol–water partition coefficient (Wildman–Crippen LogP) is 4.55. The molecule has 0 amide bonds. The Morgan fingerprint density at radius 2 is 1.42 bits per heavy atom. The van der Waals surface area contributed by atoms with Crippen LogP contribution in [-0.4, -0.2) is 20.5 Å². The van der Waals surface area contributed by atoms with Crippen molar-refractivity contribution in [1.29, 1.82) is 0 Å². The van der Waals surface area contributed by atoms with Crippen molar-refractivity contribution in [2.75, 3.05) is 14.2 Å². The number of ether oxygens (including phenoxy) is 2. The van der Waals surface area contributed by atoms with Gasteiger partial charge in [0.25, 0.3) is 0 Å². The Kier molecular flexibility index (Phi) is 12.1. The minimum absolute atomic E-state index is 0. The number of benzene rings is 2. The maximum atomic E-state index is 10.4. The fourth-order valence-electron chi connectivity index (χ4n) is 1.87. The van der Waals surface area contributed by atoms with Gasteiger partial charge in [-0.3, -0.25) is 4.79 Å². The van der Waals surface area contributed by atoms with Crippen molar-refractivity contribution in [2.45, 2.75) is 35.2 Å². The average Bonchev–Trinajstić information content (AvgIpc) is 2.56. The SMILES string of the molecule is C.C.COc1ccc(C)c(C=O)c1.COc1ccc(C)c(CN)c1. The highest BCUT2D eigenvalue weighted by molar-refractivity contribution is 5.77. The summed E-state index contributed by atoms with van der Waals surface area (Å²) in [4.78, 5) is 10.4. The molecular formula is C20H31NO3. The van der Waals surface area contributed by atoms with Crippen molar-refractivity contribution in [3.05, 3.63) is 58.7 Å². The second-order valence-electron chi connectivity index (χ2n) is 4.84. The van der Waals surface area contributed by atoms with E-state index in [-0.39, 0.29) is 14.9 Å². The molecule has 2 aromatic carbocycles. The first-order valence-corrected chi connectivity index (χ1v) is 6.99. The Bertz CT molecular complexity index is 624. The van der Waals surface area contributed by atoms with Crippen LogP contribution >= 0.6 is 0 Å². The predicted molar refractivity (Wildman–Crippen MR) is 102 cm³/mol. The lowest BCUT2D eigenvalue weighted by Crippen LogP contribution is -1.99. The van der Waals surface area contributed by atoms with Gasteiger partial charge in [0.15, 0.2) is 0 Å². The van der Waals surface area contributed by atoms with Gasteiger partial charge in [-0.05, 0) is 54.8 Å². The molecule has 2 aromatic rings. The lowest BCUT2D eigenvalue weighted by atomic mass is 10.1. The molecule has 0 spiro atoms. The molecule has 0 aliphatic carbocycles. The van der Waals surface area contributed by atoms with Crippen LogP contribution in [0, 0.1) is 13.8 Å². The highest BCUT2D eigenvalue weighted by Gasteiger charge is 1.98. The summed E-state index contributed by atoms with van der Waals surface area (Å²) in [6.45, 7) is 4.51. The molecule has 0 saturated carbocycles. The number of hydrogen-bond donors (Lipinski definition) is 1. The van der Waals surface area contributed by atoms with E-state index in [4.69, 9.17) is 15.2 Å². The van der Waals surface area contributed by atoms with E-state index >= 15 is 0 Å². The van der Waals surface area contributed by atoms with Crippen molar-refractivity contribution in [1.82, 2.24) is 0 Å². The Labute approximate surface area is 146 Å². The number of nitrogens with two attached hydrogens (primary N) is 1. The highest BCUT2D eigenvalue weighted by Crippen LogP contribution is 2.16. The Morgan fingerprint density at radius 1 is 0.917 bits per heavy atom. The third-order valence-electron chi connectivity index (χ3n) is 3.39. The minimum Gasteiger partial charge on any atom is -0.497 e. The molecule has 4 nitrogen and oxygen atoms in total. The van der Waals surface area contributed by atoms with E-state index in [0.29, 0.717) is 12.1 Å². The molecule has 0 bridgehead atoms. The van der Waals surface area contributed by atoms with Crippen molar-refractivity contribution >= 4 is 6.29 Å². The van der Waals surface area contributed by atoms with Crippen LogP contribution in [0.5, 0.6) is 11.5 Å². The van der Waals surface area contributed by atoms with Gasteiger partial charge in [0.1, 0.15) is 17.8 Å². The number of carbonyl (C=O) groups is 1. The number of carbonyl (C=O) groups excluding carboxylic acids is 1. The van der Waals surface area contributed by atoms with Gasteiger partial charge in [-0.2, -0.15) is 0 Å². The lowest BCUT2D eigenvalue weighted by Gasteiger charge is -2.04. The number of hydrogen-bond acceptors (Lipinski definition) is 4. The van der Waals surface area contributed by atoms with Gasteiger partial charge in [-0.25, -0.2) is 0 Å². The summed E-state index contributed by atoms with van der Waals surface area (Å²) in [7, 11) is 3.24. The van der Waals surface area contributed by atoms with Crippen LogP contribution in [0.4, 0.5) is 0 Å². The molecule has 24 heavy (non-hydrogen) atoms. The lowest BCUT2D eigenvalue weighted by molar-refractivity contribution is 0.112. The van der Waals surface area contributed by atoms with Gasteiger partial charge in [0, 0.05) is 12.1 Å². The average molecular weight is 333 g/mol. The summed E-state index contributed by atoms with van der Waals surface area (Å²) in [6.07, 6.45) is 0.831. The van der Waals surface area contributed by atoms with Gasteiger partial charge in [0.05, 0.1) is 14.2 Å². The van der Waals surface area contributed by atoms with E-state index in [0.717, 1.165) is 28.9 Å². The van der Waals surface area contributed by atoms with Crippen LogP contribution in [0.3, 0.4) is 0 Å². The molecule has 0 heterocycles. The fourth-order valence-corrected chi connectivity index (χ4v) is 1.87. The zero-order valence-corrected chi connectivity index (χ0v) is 13.6. The van der Waals surface area contributed by atoms with E-state index in [2.05, 4.69) is 0 Å². The monoisotopic (exact) mass is 333 g/mol. The summed E-state index contributed by atoms with van der Waals surface area (Å²) in [5.74, 6) is 1.59. The molecule has 4 heteroatoms. The maximum absolute atomic E-state index is 10.4. The smallest absolute Gasteiger partial charge is 0.150 e. The largest absolute Gasteiger partial charge is 0.497 e. The second-order valence-corrected chi connectivity index (χ2v) is 4.84. The van der Waals surface area contributed by atoms with E-state index in [1.54, 1.807) is 20.3 Å². The van der Waals surface area contributed by atoms with Crippen molar-refractivity contribution < 1.29 is 14.3 Å². The quantitative estimate of drug-likeness (QED) is 0.834. The molecule has 0 radical (unpaired) electrons. The first-order valence-electron chi connectivity index (χ1n) is 6.99. The zero-order valence-electron chi connectivity index (χ0n) is 13.6. The summed E-state index contributed by atoms with van der Waals surface area (Å²) in [5, 5.41) is 0. The molecule has 0 atom stereocenters. The molecule has 0 aliphatic rings. The molecule has 0 aliphatic heterocycles. The van der Waals surface area contributed by atoms with Crippen molar-refractivity contribution in [3.8, 4) is 11.5 Å². The maximum Gasteiger partial charge on any atom is 0.150 e. The summed E-state index contributed by atoms with van der Waals surface area (Å²) >= 11 is 0. The summed E-state index contributed by atoms with van der Waals surface area (Å²) < 4.78 is 10.0. The van der Waals surface area contributed by atoms with Crippen molar-refractivity contribution in [3.63, 3.8) is 0 Å². The summed E-state index contributed by atoms with van der Waals surface area (Å²) in [6, 6.07) is 11.3. The Hall–Kier alpha value is -2.33. The molecule has 0 fully saturated rings. The molecular weight excluding hydrogens is 302 g/mol. The molecule has 0 saturated heterocycles. The van der Waals surface area contributed by atoms with Crippen LogP contribution in [0.25, 0.3) is 0 Å². The third kappa shape index (κ3) is 6.84. The van der Waals surface area contributed by atoms with Crippen LogP contribution in [0.2, 0.25) is 0 Å². The highest BCUT2D eigenvalue weighted by atomic mass is 16.5. The van der Waals surface area contributed by atoms with Crippen molar-refractivity contribution in [2.24, 2.45) is 5.73 Å². The second kappa shape index (κ2) is 12.1. The minimum atomic E-state index is 0. The number of aryl methyl sites for hydroxylation is 2. The van der Waals surface area contributed by atoms with Crippen LogP contribution in [0.15, 0.2) is 36.4 Å². The van der Waals surface area contributed by atoms with E-state index in [9.17, 15) is 4.79 Å². The van der Waals surface area contributed by atoms with Gasteiger partial charge < -0.3 is 15.2 Å². The molecule has 0 unspecified atom stereocenters. The third-order valence-corrected chi connectivity index (χ3v) is 3.39. The standard InChI is InChI=1S/C9H13NO.C9H10O2.2CH4/c2*1-7-3-4-9(11-2)5-8(7)6-10;;/h3-5H,6,10H2,1-2H3;3-6H,1-2H3;2*1H4. The Morgan fingerprint density at radius 3 is 1.88 bits per heavy atom. The van der Waals surface area contributed by atoms with Crippen LogP contribution < -0.4 is 15.2 Å². The number of aldehydes is 1. The zero-order chi connectivity index (χ0) is 16.5. The van der Waals surface area contributed by atoms with Crippen LogP contribution in [0.1, 0.15) is 41.9 Å². The Balaban J connectivity index is 0. The van der Waals surface area contributed by atoms with E-state index < -0.39 is 0 Å². The van der Waals surface area contributed by atoms with Gasteiger partial charge in [-0.1, -0.05) is 27.0 Å². The number of methoxy groups -OCH3 is 2. The summed E-state index contributed by atoms with van der Waals surface area (Å²) in [5.41, 5.74) is 9.54. The number of rotatable bonds is 4. The normalized spacial score (nSPS) is 8.71. The van der Waals surface area contributed by atoms with Gasteiger partial charge in [0.2, 0.25) is 0 Å². The van der Waals surface area contributed by atoms with Gasteiger partial charge >= 0.3 is 0 Å². The molecule has 0 aromatic heterocycles. The van der Waals surface area contributed by atoms with E-state index in [1.165, 1.54) is 5.56 Å². The van der Waals surface area contributed by atoms with Gasteiger partial charge in [-0.15, -0.1) is 0 Å². The molecule has 2 rings (SSSR count). The topological polar surface area (TPSA) is 61.5 Å².